The van der Waals surface area contributed by atoms with E-state index < -0.39 is 0 Å². The Labute approximate surface area is 119 Å². The van der Waals surface area contributed by atoms with Gasteiger partial charge in [-0.25, -0.2) is 0 Å². The van der Waals surface area contributed by atoms with Crippen LogP contribution in [-0.2, 0) is 6.54 Å². The molecule has 0 aliphatic heterocycles. The van der Waals surface area contributed by atoms with E-state index in [9.17, 15) is 4.79 Å². The van der Waals surface area contributed by atoms with Crippen LogP contribution in [0.4, 0.5) is 11.4 Å². The number of carbonyl (C=O) groups is 1. The Morgan fingerprint density at radius 3 is 2.80 bits per heavy atom. The van der Waals surface area contributed by atoms with Crippen molar-refractivity contribution in [1.29, 1.82) is 0 Å². The molecule has 0 saturated carbocycles. The summed E-state index contributed by atoms with van der Waals surface area (Å²) in [4.78, 5) is 12.3. The van der Waals surface area contributed by atoms with E-state index in [1.54, 1.807) is 10.9 Å². The third kappa shape index (κ3) is 3.17. The SMILES string of the molecule is CCNc1cc(C)ccc1C(=O)Nc1cnn(CC)c1. The van der Waals surface area contributed by atoms with Crippen molar-refractivity contribution in [2.24, 2.45) is 0 Å². The van der Waals surface area contributed by atoms with Crippen molar-refractivity contribution in [3.8, 4) is 0 Å². The van der Waals surface area contributed by atoms with Crippen LogP contribution in [-0.4, -0.2) is 22.2 Å². The summed E-state index contributed by atoms with van der Waals surface area (Å²) in [6.07, 6.45) is 3.47. The van der Waals surface area contributed by atoms with Crippen molar-refractivity contribution < 1.29 is 4.79 Å². The highest BCUT2D eigenvalue weighted by Gasteiger charge is 2.12. The lowest BCUT2D eigenvalue weighted by Crippen LogP contribution is -2.14. The maximum absolute atomic E-state index is 12.3. The lowest BCUT2D eigenvalue weighted by atomic mass is 10.1. The van der Waals surface area contributed by atoms with Gasteiger partial charge < -0.3 is 10.6 Å². The maximum Gasteiger partial charge on any atom is 0.257 e. The van der Waals surface area contributed by atoms with Gasteiger partial charge in [0.1, 0.15) is 0 Å². The topological polar surface area (TPSA) is 59.0 Å². The van der Waals surface area contributed by atoms with Gasteiger partial charge >= 0.3 is 0 Å². The third-order valence-electron chi connectivity index (χ3n) is 3.00. The Kier molecular flexibility index (Phi) is 4.40. The second-order valence-electron chi connectivity index (χ2n) is 4.62. The molecule has 2 rings (SSSR count). The molecule has 0 saturated heterocycles. The fourth-order valence-corrected chi connectivity index (χ4v) is 1.99. The Morgan fingerprint density at radius 1 is 1.35 bits per heavy atom. The first-order valence-electron chi connectivity index (χ1n) is 6.82. The molecule has 20 heavy (non-hydrogen) atoms. The lowest BCUT2D eigenvalue weighted by molar-refractivity contribution is 0.102. The second-order valence-corrected chi connectivity index (χ2v) is 4.62. The van der Waals surface area contributed by atoms with Gasteiger partial charge in [-0.1, -0.05) is 6.07 Å². The molecule has 5 nitrogen and oxygen atoms in total. The average molecular weight is 272 g/mol. The Hall–Kier alpha value is -2.30. The van der Waals surface area contributed by atoms with E-state index in [2.05, 4.69) is 15.7 Å². The number of anilines is 2. The van der Waals surface area contributed by atoms with Gasteiger partial charge in [-0.3, -0.25) is 9.48 Å². The number of amides is 1. The van der Waals surface area contributed by atoms with Gasteiger partial charge in [0, 0.05) is 25.0 Å². The first-order valence-corrected chi connectivity index (χ1v) is 6.82. The fraction of sp³-hybridized carbons (Fsp3) is 0.333. The van der Waals surface area contributed by atoms with Crippen LogP contribution in [0.3, 0.4) is 0 Å². The van der Waals surface area contributed by atoms with Crippen LogP contribution >= 0.6 is 0 Å². The maximum atomic E-state index is 12.3. The zero-order valence-corrected chi connectivity index (χ0v) is 12.1. The van der Waals surface area contributed by atoms with E-state index in [4.69, 9.17) is 0 Å². The van der Waals surface area contributed by atoms with Crippen molar-refractivity contribution in [3.05, 3.63) is 41.7 Å². The summed E-state index contributed by atoms with van der Waals surface area (Å²) in [5.74, 6) is -0.128. The highest BCUT2D eigenvalue weighted by atomic mass is 16.1. The molecule has 5 heteroatoms. The van der Waals surface area contributed by atoms with Crippen LogP contribution < -0.4 is 10.6 Å². The number of carbonyl (C=O) groups excluding carboxylic acids is 1. The molecule has 0 aliphatic carbocycles. The Morgan fingerprint density at radius 2 is 2.15 bits per heavy atom. The smallest absolute Gasteiger partial charge is 0.257 e. The van der Waals surface area contributed by atoms with E-state index in [-0.39, 0.29) is 5.91 Å². The molecule has 0 aliphatic rings. The molecular formula is C15H20N4O. The number of hydrogen-bond donors (Lipinski definition) is 2. The van der Waals surface area contributed by atoms with Gasteiger partial charge in [0.15, 0.2) is 0 Å². The quantitative estimate of drug-likeness (QED) is 0.880. The number of nitrogens with zero attached hydrogens (tertiary/aromatic N) is 2. The van der Waals surface area contributed by atoms with Crippen LogP contribution in [0.25, 0.3) is 0 Å². The van der Waals surface area contributed by atoms with Gasteiger partial charge in [-0.05, 0) is 38.5 Å². The number of rotatable bonds is 5. The van der Waals surface area contributed by atoms with Gasteiger partial charge in [-0.15, -0.1) is 0 Å². The standard InChI is InChI=1S/C15H20N4O/c1-4-16-14-8-11(3)6-7-13(14)15(20)18-12-9-17-19(5-2)10-12/h6-10,16H,4-5H2,1-3H3,(H,18,20). The van der Waals surface area contributed by atoms with E-state index in [0.29, 0.717) is 11.3 Å². The van der Waals surface area contributed by atoms with E-state index in [1.807, 2.05) is 45.2 Å². The van der Waals surface area contributed by atoms with Gasteiger partial charge in [-0.2, -0.15) is 5.10 Å². The van der Waals surface area contributed by atoms with Crippen molar-refractivity contribution in [2.45, 2.75) is 27.3 Å². The molecule has 1 heterocycles. The molecule has 0 radical (unpaired) electrons. The molecule has 0 fully saturated rings. The number of aryl methyl sites for hydroxylation is 2. The van der Waals surface area contributed by atoms with Crippen molar-refractivity contribution in [3.63, 3.8) is 0 Å². The van der Waals surface area contributed by atoms with Crippen molar-refractivity contribution >= 4 is 17.3 Å². The number of aromatic nitrogens is 2. The largest absolute Gasteiger partial charge is 0.385 e. The molecule has 1 aromatic carbocycles. The highest BCUT2D eigenvalue weighted by molar-refractivity contribution is 6.08. The summed E-state index contributed by atoms with van der Waals surface area (Å²) in [6, 6.07) is 5.76. The molecule has 2 N–H and O–H groups in total. The number of hydrogen-bond acceptors (Lipinski definition) is 3. The molecule has 106 valence electrons. The predicted octanol–water partition coefficient (Wildman–Crippen LogP) is 2.90. The third-order valence-corrected chi connectivity index (χ3v) is 3.00. The Bertz CT molecular complexity index is 604. The minimum atomic E-state index is -0.128. The van der Waals surface area contributed by atoms with Crippen LogP contribution in [0.15, 0.2) is 30.6 Å². The second kappa shape index (κ2) is 6.23. The summed E-state index contributed by atoms with van der Waals surface area (Å²) in [5, 5.41) is 10.2. The molecular weight excluding hydrogens is 252 g/mol. The molecule has 0 bridgehead atoms. The molecule has 0 unspecified atom stereocenters. The lowest BCUT2D eigenvalue weighted by Gasteiger charge is -2.11. The van der Waals surface area contributed by atoms with E-state index in [1.165, 1.54) is 0 Å². The molecule has 1 aromatic heterocycles. The molecule has 0 atom stereocenters. The normalized spacial score (nSPS) is 10.3. The number of benzene rings is 1. The zero-order valence-electron chi connectivity index (χ0n) is 12.1. The summed E-state index contributed by atoms with van der Waals surface area (Å²) in [7, 11) is 0. The van der Waals surface area contributed by atoms with Crippen LogP contribution in [0.2, 0.25) is 0 Å². The molecule has 0 spiro atoms. The summed E-state index contributed by atoms with van der Waals surface area (Å²) >= 11 is 0. The molecule has 1 amide bonds. The number of nitrogens with one attached hydrogen (secondary N) is 2. The summed E-state index contributed by atoms with van der Waals surface area (Å²) in [5.41, 5.74) is 3.32. The summed E-state index contributed by atoms with van der Waals surface area (Å²) < 4.78 is 1.77. The monoisotopic (exact) mass is 272 g/mol. The Balaban J connectivity index is 2.19. The van der Waals surface area contributed by atoms with Crippen LogP contribution in [0, 0.1) is 6.92 Å². The van der Waals surface area contributed by atoms with Gasteiger partial charge in [0.25, 0.3) is 5.91 Å². The minimum Gasteiger partial charge on any atom is -0.385 e. The molecule has 2 aromatic rings. The highest BCUT2D eigenvalue weighted by Crippen LogP contribution is 2.19. The fourth-order valence-electron chi connectivity index (χ4n) is 1.99. The van der Waals surface area contributed by atoms with Gasteiger partial charge in [0.05, 0.1) is 17.4 Å². The van der Waals surface area contributed by atoms with E-state index >= 15 is 0 Å². The first kappa shape index (κ1) is 14.1. The summed E-state index contributed by atoms with van der Waals surface area (Å²) in [6.45, 7) is 7.57. The minimum absolute atomic E-state index is 0.128. The van der Waals surface area contributed by atoms with Crippen LogP contribution in [0.5, 0.6) is 0 Å². The predicted molar refractivity (Wildman–Crippen MR) is 81.2 cm³/mol. The first-order chi connectivity index (χ1) is 9.63. The zero-order chi connectivity index (χ0) is 14.5. The van der Waals surface area contributed by atoms with E-state index in [0.717, 1.165) is 24.3 Å². The van der Waals surface area contributed by atoms with Crippen molar-refractivity contribution in [1.82, 2.24) is 9.78 Å². The average Bonchev–Trinajstić information content (AvgIpc) is 2.87. The van der Waals surface area contributed by atoms with Gasteiger partial charge in [0.2, 0.25) is 0 Å². The van der Waals surface area contributed by atoms with Crippen LogP contribution in [0.1, 0.15) is 29.8 Å². The van der Waals surface area contributed by atoms with Crippen molar-refractivity contribution in [2.75, 3.05) is 17.2 Å².